The summed E-state index contributed by atoms with van der Waals surface area (Å²) in [5.74, 6) is 0.328. The molecule has 177 valence electrons. The van der Waals surface area contributed by atoms with Gasteiger partial charge in [0.25, 0.3) is 0 Å². The Bertz CT molecular complexity index is 1090. The molecule has 4 rings (SSSR count). The highest BCUT2D eigenvalue weighted by Crippen LogP contribution is 2.25. The Morgan fingerprint density at radius 3 is 2.09 bits per heavy atom. The second-order valence-corrected chi connectivity index (χ2v) is 7.44. The van der Waals surface area contributed by atoms with E-state index in [1.807, 2.05) is 57.1 Å². The third-order valence-electron chi connectivity index (χ3n) is 5.21. The molecule has 0 saturated carbocycles. The van der Waals surface area contributed by atoms with Crippen molar-refractivity contribution in [2.24, 2.45) is 0 Å². The van der Waals surface area contributed by atoms with Crippen LogP contribution in [0.2, 0.25) is 6.82 Å². The maximum absolute atomic E-state index is 14.6. The van der Waals surface area contributed by atoms with Crippen molar-refractivity contribution in [2.75, 3.05) is 41.8 Å². The number of halogens is 1. The molecule has 0 unspecified atom stereocenters. The number of nitrogens with one attached hydrogen (secondary N) is 2. The maximum Gasteiger partial charge on any atom is 0.323 e. The Balaban J connectivity index is 0.00000158. The van der Waals surface area contributed by atoms with E-state index >= 15 is 0 Å². The van der Waals surface area contributed by atoms with Crippen molar-refractivity contribution in [3.05, 3.63) is 60.0 Å². The molecule has 1 radical (unpaired) electrons. The molecule has 2 amide bonds. The summed E-state index contributed by atoms with van der Waals surface area (Å²) in [6.07, 6.45) is 0. The number of ether oxygens (including phenoxy) is 1. The van der Waals surface area contributed by atoms with Gasteiger partial charge in [0.15, 0.2) is 17.5 Å². The first-order chi connectivity index (χ1) is 16.5. The van der Waals surface area contributed by atoms with Gasteiger partial charge in [-0.15, -0.1) is 0 Å². The van der Waals surface area contributed by atoms with Crippen molar-refractivity contribution in [1.29, 1.82) is 0 Å². The fourth-order valence-electron chi connectivity index (χ4n) is 3.41. The highest BCUT2D eigenvalue weighted by atomic mass is 19.1. The van der Waals surface area contributed by atoms with Crippen LogP contribution in [-0.4, -0.2) is 49.6 Å². The lowest BCUT2D eigenvalue weighted by Crippen LogP contribution is -2.37. The van der Waals surface area contributed by atoms with E-state index in [1.165, 1.54) is 0 Å². The minimum Gasteiger partial charge on any atom is -0.378 e. The Labute approximate surface area is 201 Å². The molecular formula is C25H30BFN5O2. The van der Waals surface area contributed by atoms with Gasteiger partial charge in [0.05, 0.1) is 18.9 Å². The van der Waals surface area contributed by atoms with Crippen LogP contribution < -0.4 is 21.0 Å². The van der Waals surface area contributed by atoms with Crippen molar-refractivity contribution in [1.82, 2.24) is 9.97 Å². The average Bonchev–Trinajstić information content (AvgIpc) is 2.88. The van der Waals surface area contributed by atoms with Gasteiger partial charge >= 0.3 is 6.03 Å². The number of urea groups is 1. The second-order valence-electron chi connectivity index (χ2n) is 7.44. The van der Waals surface area contributed by atoms with Crippen molar-refractivity contribution in [3.8, 4) is 11.4 Å². The van der Waals surface area contributed by atoms with Crippen molar-refractivity contribution in [3.63, 3.8) is 0 Å². The summed E-state index contributed by atoms with van der Waals surface area (Å²) in [7, 11) is 1.99. The van der Waals surface area contributed by atoms with E-state index < -0.39 is 5.82 Å². The molecule has 34 heavy (non-hydrogen) atoms. The van der Waals surface area contributed by atoms with Crippen LogP contribution in [0.5, 0.6) is 0 Å². The molecule has 2 heterocycles. The van der Waals surface area contributed by atoms with Gasteiger partial charge in [-0.05, 0) is 43.3 Å². The first-order valence-electron chi connectivity index (χ1n) is 11.5. The smallest absolute Gasteiger partial charge is 0.323 e. The molecule has 2 aromatic carbocycles. The number of nitrogens with zero attached hydrogens (tertiary/aromatic N) is 3. The number of aryl methyl sites for hydroxylation is 1. The first kappa shape index (κ1) is 25.2. The fraction of sp³-hybridized carbons (Fsp3) is 0.320. The van der Waals surface area contributed by atoms with Crippen LogP contribution in [0.4, 0.5) is 26.4 Å². The zero-order valence-electron chi connectivity index (χ0n) is 20.1. The molecule has 1 aliphatic rings. The average molecular weight is 462 g/mol. The van der Waals surface area contributed by atoms with Crippen molar-refractivity contribution < 1.29 is 13.9 Å². The summed E-state index contributed by atoms with van der Waals surface area (Å²) >= 11 is 0. The predicted molar refractivity (Wildman–Crippen MR) is 137 cm³/mol. The van der Waals surface area contributed by atoms with Gasteiger partial charge in [0, 0.05) is 30.0 Å². The van der Waals surface area contributed by atoms with Crippen LogP contribution in [0.25, 0.3) is 11.4 Å². The molecule has 2 N–H and O–H groups in total. The van der Waals surface area contributed by atoms with Gasteiger partial charge in [0.2, 0.25) is 0 Å². The van der Waals surface area contributed by atoms with E-state index in [4.69, 9.17) is 4.74 Å². The molecule has 0 spiro atoms. The lowest BCUT2D eigenvalue weighted by molar-refractivity contribution is 0.122. The monoisotopic (exact) mass is 462 g/mol. The number of morpholine rings is 1. The lowest BCUT2D eigenvalue weighted by Gasteiger charge is -2.28. The Kier molecular flexibility index (Phi) is 8.98. The second kappa shape index (κ2) is 12.1. The highest BCUT2D eigenvalue weighted by molar-refractivity contribution is 6.51. The molecular weight excluding hydrogens is 432 g/mol. The number of hydrogen-bond donors (Lipinski definition) is 2. The zero-order chi connectivity index (χ0) is 24.5. The highest BCUT2D eigenvalue weighted by Gasteiger charge is 2.20. The normalized spacial score (nSPS) is 12.9. The number of hydrogen-bond acceptors (Lipinski definition) is 5. The van der Waals surface area contributed by atoms with Crippen LogP contribution >= 0.6 is 0 Å². The van der Waals surface area contributed by atoms with Crippen LogP contribution in [0, 0.1) is 12.7 Å². The molecule has 9 heteroatoms. The van der Waals surface area contributed by atoms with Crippen molar-refractivity contribution >= 4 is 36.0 Å². The van der Waals surface area contributed by atoms with Crippen LogP contribution in [0.15, 0.2) is 48.5 Å². The van der Waals surface area contributed by atoms with Gasteiger partial charge in [-0.25, -0.2) is 19.2 Å². The number of carbonyl (C=O) groups excluding carboxylic acids is 1. The Hall–Kier alpha value is -3.46. The Morgan fingerprint density at radius 1 is 0.971 bits per heavy atom. The number of carbonyl (C=O) groups is 1. The third kappa shape index (κ3) is 6.32. The van der Waals surface area contributed by atoms with Crippen LogP contribution in [0.3, 0.4) is 0 Å². The van der Waals surface area contributed by atoms with Gasteiger partial charge in [0.1, 0.15) is 7.28 Å². The number of benzene rings is 2. The minimum atomic E-state index is -0.407. The third-order valence-corrected chi connectivity index (χ3v) is 5.21. The summed E-state index contributed by atoms with van der Waals surface area (Å²) in [6.45, 7) is 9.85. The first-order valence-corrected chi connectivity index (χ1v) is 11.5. The van der Waals surface area contributed by atoms with E-state index in [2.05, 4.69) is 20.6 Å². The summed E-state index contributed by atoms with van der Waals surface area (Å²) < 4.78 is 20.0. The van der Waals surface area contributed by atoms with E-state index in [0.717, 1.165) is 11.0 Å². The molecule has 0 aliphatic carbocycles. The summed E-state index contributed by atoms with van der Waals surface area (Å²) in [6, 6.07) is 14.3. The number of aromatic nitrogens is 2. The van der Waals surface area contributed by atoms with Gasteiger partial charge in [-0.2, -0.15) is 0 Å². The van der Waals surface area contributed by atoms with Gasteiger partial charge in [-0.1, -0.05) is 38.3 Å². The molecule has 0 bridgehead atoms. The molecule has 3 aromatic rings. The standard InChI is InChI=1S/C23H24BFN5O2.C2H6/c1-15-20(25)22(30-11-13-32-14-12-30)29-21(26-15)16-3-7-18(8-4-16)27-23(31)28-19-9-5-17(24-2)6-10-19;1-2/h3-10H,11-14H2,1-2H3,(H2,27,28,31);1-2H3. The number of rotatable bonds is 5. The molecule has 7 nitrogen and oxygen atoms in total. The Morgan fingerprint density at radius 2 is 1.53 bits per heavy atom. The molecule has 1 fully saturated rings. The molecule has 0 atom stereocenters. The maximum atomic E-state index is 14.6. The predicted octanol–water partition coefficient (Wildman–Crippen LogP) is 4.48. The molecule has 1 saturated heterocycles. The molecule has 1 aromatic heterocycles. The lowest BCUT2D eigenvalue weighted by atomic mass is 9.73. The SMILES string of the molecule is CC.C[B]c1ccc(NC(=O)Nc2ccc(-c3nc(C)c(F)c(N4CCOCC4)n3)cc2)cc1. The van der Waals surface area contributed by atoms with Gasteiger partial charge in [-0.3, -0.25) is 0 Å². The zero-order valence-corrected chi connectivity index (χ0v) is 20.1. The van der Waals surface area contributed by atoms with E-state index in [0.29, 0.717) is 55.0 Å². The quantitative estimate of drug-likeness (QED) is 0.547. The van der Waals surface area contributed by atoms with E-state index in [-0.39, 0.29) is 6.03 Å². The van der Waals surface area contributed by atoms with E-state index in [1.54, 1.807) is 31.2 Å². The fourth-order valence-corrected chi connectivity index (χ4v) is 3.41. The largest absolute Gasteiger partial charge is 0.378 e. The number of amides is 2. The number of anilines is 3. The minimum absolute atomic E-state index is 0.295. The van der Waals surface area contributed by atoms with Crippen LogP contribution in [-0.2, 0) is 4.74 Å². The van der Waals surface area contributed by atoms with Gasteiger partial charge < -0.3 is 20.3 Å². The van der Waals surface area contributed by atoms with E-state index in [9.17, 15) is 9.18 Å². The van der Waals surface area contributed by atoms with Crippen LogP contribution in [0.1, 0.15) is 19.5 Å². The van der Waals surface area contributed by atoms with Crippen molar-refractivity contribution in [2.45, 2.75) is 27.6 Å². The summed E-state index contributed by atoms with van der Waals surface area (Å²) in [5.41, 5.74) is 3.44. The summed E-state index contributed by atoms with van der Waals surface area (Å²) in [4.78, 5) is 22.9. The summed E-state index contributed by atoms with van der Waals surface area (Å²) in [5, 5.41) is 5.60. The molecule has 1 aliphatic heterocycles. The topological polar surface area (TPSA) is 79.4 Å².